The molecule has 150 heavy (non-hydrogen) atoms. The summed E-state index contributed by atoms with van der Waals surface area (Å²) in [6.45, 7) is 27.8. The average Bonchev–Trinajstić information content (AvgIpc) is 1.56. The van der Waals surface area contributed by atoms with Gasteiger partial charge in [0.15, 0.2) is 52.6 Å². The number of hydrogen-bond acceptors (Lipinski definition) is 20. The molecule has 1 saturated heterocycles. The van der Waals surface area contributed by atoms with E-state index >= 15 is 0 Å². The van der Waals surface area contributed by atoms with E-state index in [0.29, 0.717) is 66.6 Å². The molecule has 0 radical (unpaired) electrons. The normalized spacial score (nSPS) is 13.5. The van der Waals surface area contributed by atoms with E-state index in [2.05, 4.69) is 47.5 Å². The number of nitrogens with one attached hydrogen (secondary N) is 9. The number of para-hydroxylation sites is 1. The summed E-state index contributed by atoms with van der Waals surface area (Å²) in [5.41, 5.74) is 3.39. The van der Waals surface area contributed by atoms with Gasteiger partial charge in [-0.25, -0.2) is 42.8 Å². The molecule has 808 valence electrons. The molecule has 2 heterocycles. The van der Waals surface area contributed by atoms with Crippen molar-refractivity contribution in [2.45, 2.75) is 250 Å². The van der Waals surface area contributed by atoms with Crippen molar-refractivity contribution < 1.29 is 110 Å². The maximum Gasteiger partial charge on any atom is 0.227 e. The Morgan fingerprint density at radius 2 is 0.753 bits per heavy atom. The van der Waals surface area contributed by atoms with Crippen LogP contribution in [-0.4, -0.2) is 190 Å². The molecule has 1 aliphatic heterocycles. The van der Waals surface area contributed by atoms with Crippen molar-refractivity contribution in [1.82, 2.24) is 47.5 Å². The van der Waals surface area contributed by atoms with Crippen LogP contribution in [0.1, 0.15) is 252 Å². The number of rotatable bonds is 46. The molecule has 0 unspecified atom stereocenters. The third-order valence-corrected chi connectivity index (χ3v) is 29.8. The molecule has 0 bridgehead atoms. The molecule has 9 N–H and O–H groups in total. The summed E-state index contributed by atoms with van der Waals surface area (Å²) >= 11 is 0. The van der Waals surface area contributed by atoms with Crippen LogP contribution in [0.2, 0.25) is 0 Å². The van der Waals surface area contributed by atoms with Crippen molar-refractivity contribution in [1.29, 1.82) is 0 Å². The highest BCUT2D eigenvalue weighted by atomic mass is 32.2. The fourth-order valence-corrected chi connectivity index (χ4v) is 21.4. The van der Waals surface area contributed by atoms with Crippen molar-refractivity contribution >= 4 is 128 Å². The number of aromatic nitrogens is 1. The Balaban J connectivity index is 0.000000244. The van der Waals surface area contributed by atoms with Gasteiger partial charge in [0.05, 0.1) is 67.1 Å². The van der Waals surface area contributed by atoms with Gasteiger partial charge in [-0.05, 0) is 239 Å². The van der Waals surface area contributed by atoms with Crippen LogP contribution < -0.4 is 47.4 Å². The van der Waals surface area contributed by atoms with Crippen molar-refractivity contribution in [3.05, 3.63) is 245 Å². The fourth-order valence-electron chi connectivity index (χ4n) is 16.4. The number of anilines is 1. The molecule has 8 aromatic carbocycles. The third-order valence-electron chi connectivity index (χ3n) is 23.7. The number of benzene rings is 8. The lowest BCUT2D eigenvalue weighted by molar-refractivity contribution is -0.133. The topological polar surface area (TPSA) is 457 Å². The maximum absolute atomic E-state index is 14.4. The Kier molecular flexibility index (Phi) is 44.8. The van der Waals surface area contributed by atoms with E-state index in [1.54, 1.807) is 125 Å². The molecule has 2 aliphatic rings. The predicted octanol–water partition coefficient (Wildman–Crippen LogP) is 16.4. The zero-order valence-electron chi connectivity index (χ0n) is 87.8. The van der Waals surface area contributed by atoms with Crippen LogP contribution in [0.25, 0.3) is 33.2 Å². The highest BCUT2D eigenvalue weighted by Crippen LogP contribution is 2.34. The highest BCUT2D eigenvalue weighted by Gasteiger charge is 2.41. The fraction of sp³-hybridized carbons (Fsp3) is 0.434. The summed E-state index contributed by atoms with van der Waals surface area (Å²) in [5, 5.41) is 22.2. The van der Waals surface area contributed by atoms with Gasteiger partial charge in [-0.15, -0.1) is 0 Å². The van der Waals surface area contributed by atoms with Gasteiger partial charge in [-0.3, -0.25) is 62.3 Å². The van der Waals surface area contributed by atoms with Crippen LogP contribution in [0.3, 0.4) is 0 Å². The van der Waals surface area contributed by atoms with Gasteiger partial charge >= 0.3 is 0 Å². The number of nitrogens with zero attached hydrogens (tertiary/aromatic N) is 1. The van der Waals surface area contributed by atoms with Gasteiger partial charge in [0, 0.05) is 164 Å². The third kappa shape index (κ3) is 40.7. The largest absolute Gasteiger partial charge is 0.360 e. The second kappa shape index (κ2) is 55.3. The Labute approximate surface area is 876 Å². The summed E-state index contributed by atoms with van der Waals surface area (Å²) < 4.78 is 134. The number of amides is 9. The molecule has 11 rings (SSSR count). The number of halogens is 4. The molecule has 9 aromatic rings. The zero-order chi connectivity index (χ0) is 111. The number of carbonyl (C=O) groups is 14. The van der Waals surface area contributed by atoms with E-state index in [-0.39, 0.29) is 158 Å². The Bertz CT molecular complexity index is 6700. The van der Waals surface area contributed by atoms with Crippen LogP contribution in [0, 0.1) is 60.8 Å². The number of sulfone groups is 3. The Morgan fingerprint density at radius 1 is 0.393 bits per heavy atom. The summed E-state index contributed by atoms with van der Waals surface area (Å²) in [5.74, 6) is -12.9. The minimum atomic E-state index is -3.83. The molecule has 9 amide bonds. The minimum absolute atomic E-state index is 0.0417. The number of fused-ring (bicyclic) bond motifs is 1. The molecule has 4 atom stereocenters. The molecule has 2 fully saturated rings. The lowest BCUT2D eigenvalue weighted by atomic mass is 9.96. The number of aryl methyl sites for hydroxylation is 2. The monoisotopic (exact) mass is 2130 g/mol. The van der Waals surface area contributed by atoms with Gasteiger partial charge in [-0.1, -0.05) is 114 Å². The first-order valence-electron chi connectivity index (χ1n) is 50.1. The van der Waals surface area contributed by atoms with Gasteiger partial charge in [0.25, 0.3) is 0 Å². The quantitative estimate of drug-likeness (QED) is 0.00972. The van der Waals surface area contributed by atoms with Crippen LogP contribution in [-0.2, 0) is 77.5 Å². The first-order valence-corrected chi connectivity index (χ1v) is 55.1. The van der Waals surface area contributed by atoms with Crippen LogP contribution in [0.5, 0.6) is 0 Å². The average molecular weight is 2130 g/mol. The van der Waals surface area contributed by atoms with E-state index in [4.69, 9.17) is 0 Å². The van der Waals surface area contributed by atoms with Gasteiger partial charge in [0.2, 0.25) is 53.2 Å². The second-order valence-corrected chi connectivity index (χ2v) is 48.4. The van der Waals surface area contributed by atoms with Crippen molar-refractivity contribution in [2.24, 2.45) is 23.7 Å². The number of carbonyl (C=O) groups excluding carboxylic acids is 14. The van der Waals surface area contributed by atoms with Gasteiger partial charge in [-0.2, -0.15) is 0 Å². The summed E-state index contributed by atoms with van der Waals surface area (Å²) in [6, 6.07) is 47.0. The molecular formula is C113H140F4N10O20S3. The van der Waals surface area contributed by atoms with Gasteiger partial charge < -0.3 is 57.2 Å². The summed E-state index contributed by atoms with van der Waals surface area (Å²) in [7, 11) is -11.1. The molecule has 1 aromatic heterocycles. The van der Waals surface area contributed by atoms with E-state index < -0.39 is 174 Å². The van der Waals surface area contributed by atoms with Crippen LogP contribution in [0.4, 0.5) is 23.2 Å². The molecule has 37 heteroatoms. The summed E-state index contributed by atoms with van der Waals surface area (Å²) in [4.78, 5) is 181. The van der Waals surface area contributed by atoms with E-state index in [1.807, 2.05) is 79.7 Å². The first kappa shape index (κ1) is 122. The van der Waals surface area contributed by atoms with E-state index in [1.165, 1.54) is 79.7 Å². The molecule has 1 saturated carbocycles. The molecule has 0 spiro atoms. The van der Waals surface area contributed by atoms with Crippen molar-refractivity contribution in [3.63, 3.8) is 0 Å². The number of H-pyrrole nitrogens is 1. The molecule has 1 aliphatic carbocycles. The maximum atomic E-state index is 14.4. The standard InChI is InChI=1S/C30H39N3O6S.C28H34F2N2O5S.C28H35N3O5S.C27H32F2N2O4/c1-21-12-14-25(15-13-21)40(38,39)20-23(19-27(35)32-30(2,3)4)29(37)31-16-6-10-26(34)22-8-5-9-24(18-22)33-17-7-11-28(33)36;1-28(2,3)32-26(34)16-19(17-38(36,37)20-11-12-20)27(35)31-14-6-9-25(33)22-15-18(10-13-24(22)30)21-7-4-5-8-23(21)29;1-19-11-13-21(14-12-19)37(35,36)18-20(16-26(33)31-28(2,3)4)27(34)29-15-7-10-25(32)23-17-30-24-9-6-5-8-22(23)24;1-17(32)14-19(16-25(34)31-27(2,3)4)26(35)30-13-7-10-24(33)21-15-18(11-12-23(21)29)20-8-5-6-9-22(20)28/h5,8-9,12-15,18,23H,6-7,10-11,16-17,19-20H2,1-4H3,(H,31,37)(H,32,35);4-5,7-8,10,13,15,19-20H,6,9,11-12,14,16-17H2,1-3H3,(H,31,35)(H,32,34);5-6,8-9,11-14,17,20,30H,7,10,15-16,18H2,1-4H3,(H,29,34)(H,31,33);5-6,8-9,11-12,15,19H,7,10,13-14,16H2,1-4H3,(H,30,35)(H,31,34)/t23-;19-;20-;19-/m1110/s1. The highest BCUT2D eigenvalue weighted by molar-refractivity contribution is 7.92. The number of hydrogen-bond donors (Lipinski definition) is 9. The molecular weight excluding hydrogens is 1990 g/mol. The van der Waals surface area contributed by atoms with Crippen molar-refractivity contribution in [3.8, 4) is 22.3 Å². The predicted molar refractivity (Wildman–Crippen MR) is 569 cm³/mol. The first-order chi connectivity index (χ1) is 70.2. The lowest BCUT2D eigenvalue weighted by Crippen LogP contribution is -2.44. The Morgan fingerprint density at radius 3 is 1.13 bits per heavy atom. The SMILES string of the molecule is CC(=O)C[C@@H](CC(=O)NC(C)(C)C)C(=O)NCCCC(=O)c1cc(-c2ccccc2F)ccc1F.CC(C)(C)NC(=O)C[C@H](CS(=O)(=O)C1CC1)C(=O)NCCCC(=O)c1cc(-c2ccccc2F)ccc1F.Cc1ccc(S(=O)(=O)C[C@@H](CC(=O)NC(C)(C)C)C(=O)NCCCC(=O)c2c[nH]c3ccccc23)cc1.Cc1ccc(S(=O)(=O)C[C@@H](CC(=O)NC(C)(C)C)C(=O)NCCCC(=O)c2cccc(N3CCCC3=O)c2)cc1. The van der Waals surface area contributed by atoms with E-state index in [0.717, 1.165) is 40.6 Å². The number of ketones is 5. The number of Topliss-reactive ketones (excluding diaryl/α,β-unsaturated/α-hetero) is 5. The lowest BCUT2D eigenvalue weighted by Gasteiger charge is -2.23. The second-order valence-electron chi connectivity index (χ2n) is 42.0. The number of aromatic amines is 1. The zero-order valence-corrected chi connectivity index (χ0v) is 90.3. The Hall–Kier alpha value is -13.6. The summed E-state index contributed by atoms with van der Waals surface area (Å²) in [6.07, 6.45) is 4.45. The van der Waals surface area contributed by atoms with Gasteiger partial charge in [0.1, 0.15) is 29.1 Å². The minimum Gasteiger partial charge on any atom is -0.360 e. The van der Waals surface area contributed by atoms with Crippen molar-refractivity contribution in [2.75, 3.05) is 54.9 Å². The molecule has 30 nitrogen and oxygen atoms in total. The van der Waals surface area contributed by atoms with E-state index in [9.17, 15) is 110 Å². The van der Waals surface area contributed by atoms with Crippen LogP contribution >= 0.6 is 0 Å². The smallest absolute Gasteiger partial charge is 0.227 e. The van der Waals surface area contributed by atoms with Crippen LogP contribution in [0.15, 0.2) is 198 Å².